The highest BCUT2D eigenvalue weighted by Crippen LogP contribution is 2.44. The smallest absolute Gasteiger partial charge is 0.254 e. The fourth-order valence-electron chi connectivity index (χ4n) is 3.74. The van der Waals surface area contributed by atoms with Gasteiger partial charge in [0.25, 0.3) is 5.91 Å². The number of methoxy groups -OCH3 is 1. The molecular formula is C22H21N3O3S. The molecule has 0 aliphatic carbocycles. The highest BCUT2D eigenvalue weighted by Gasteiger charge is 2.44. The third-order valence-electron chi connectivity index (χ3n) is 5.02. The summed E-state index contributed by atoms with van der Waals surface area (Å²) >= 11 is 1.54. The van der Waals surface area contributed by atoms with Gasteiger partial charge in [-0.2, -0.15) is 0 Å². The second kappa shape index (κ2) is 8.55. The molecule has 0 bridgehead atoms. The maximum atomic E-state index is 13.5. The summed E-state index contributed by atoms with van der Waals surface area (Å²) in [6, 6.07) is 14.4. The number of anilines is 1. The van der Waals surface area contributed by atoms with Gasteiger partial charge < -0.3 is 15.0 Å². The fourth-order valence-corrected chi connectivity index (χ4v) is 4.62. The Balaban J connectivity index is 1.80. The van der Waals surface area contributed by atoms with E-state index in [1.807, 2.05) is 35.7 Å². The van der Waals surface area contributed by atoms with Crippen LogP contribution in [-0.2, 0) is 9.53 Å². The van der Waals surface area contributed by atoms with Crippen molar-refractivity contribution in [3.63, 3.8) is 0 Å². The molecule has 1 N–H and O–H groups in total. The molecule has 1 aromatic carbocycles. The molecule has 29 heavy (non-hydrogen) atoms. The molecule has 2 atom stereocenters. The zero-order chi connectivity index (χ0) is 20.2. The van der Waals surface area contributed by atoms with Crippen LogP contribution >= 0.6 is 11.3 Å². The Labute approximate surface area is 173 Å². The van der Waals surface area contributed by atoms with Crippen LogP contribution in [0.5, 0.6) is 0 Å². The van der Waals surface area contributed by atoms with Crippen LogP contribution in [0.4, 0.5) is 5.69 Å². The van der Waals surface area contributed by atoms with Gasteiger partial charge in [0, 0.05) is 30.3 Å². The maximum Gasteiger partial charge on any atom is 0.254 e. The summed E-state index contributed by atoms with van der Waals surface area (Å²) in [6.45, 7) is 0.801. The van der Waals surface area contributed by atoms with Crippen LogP contribution < -0.4 is 5.32 Å². The molecule has 0 spiro atoms. The Morgan fingerprint density at radius 2 is 2.07 bits per heavy atom. The van der Waals surface area contributed by atoms with Gasteiger partial charge >= 0.3 is 0 Å². The van der Waals surface area contributed by atoms with E-state index in [2.05, 4.69) is 10.3 Å². The lowest BCUT2D eigenvalue weighted by molar-refractivity contribution is -0.119. The van der Waals surface area contributed by atoms with Crippen molar-refractivity contribution >= 4 is 28.8 Å². The minimum absolute atomic E-state index is 0.0820. The summed E-state index contributed by atoms with van der Waals surface area (Å²) in [7, 11) is 1.61. The van der Waals surface area contributed by atoms with Crippen LogP contribution in [0.1, 0.15) is 32.8 Å². The molecule has 2 amide bonds. The number of pyridine rings is 1. The molecule has 3 aromatic rings. The normalized spacial score (nSPS) is 18.4. The molecule has 0 saturated heterocycles. The van der Waals surface area contributed by atoms with E-state index in [1.54, 1.807) is 53.9 Å². The van der Waals surface area contributed by atoms with Crippen molar-refractivity contribution in [1.82, 2.24) is 9.88 Å². The first-order valence-electron chi connectivity index (χ1n) is 9.34. The Morgan fingerprint density at radius 1 is 1.21 bits per heavy atom. The molecule has 1 aliphatic heterocycles. The lowest BCUT2D eigenvalue weighted by Crippen LogP contribution is -2.47. The largest absolute Gasteiger partial charge is 0.383 e. The second-order valence-electron chi connectivity index (χ2n) is 6.75. The number of thiophene rings is 1. The van der Waals surface area contributed by atoms with Gasteiger partial charge in [0.2, 0.25) is 5.91 Å². The first-order valence-corrected chi connectivity index (χ1v) is 10.2. The average molecular weight is 407 g/mol. The molecule has 0 fully saturated rings. The Hall–Kier alpha value is -3.03. The predicted molar refractivity (Wildman–Crippen MR) is 112 cm³/mol. The monoisotopic (exact) mass is 407 g/mol. The van der Waals surface area contributed by atoms with Gasteiger partial charge in [-0.15, -0.1) is 11.3 Å². The maximum absolute atomic E-state index is 13.5. The quantitative estimate of drug-likeness (QED) is 0.676. The van der Waals surface area contributed by atoms with Crippen LogP contribution in [0.25, 0.3) is 0 Å². The van der Waals surface area contributed by atoms with Crippen molar-refractivity contribution in [3.8, 4) is 0 Å². The molecule has 6 nitrogen and oxygen atoms in total. The summed E-state index contributed by atoms with van der Waals surface area (Å²) < 4.78 is 5.24. The van der Waals surface area contributed by atoms with Crippen LogP contribution in [0.15, 0.2) is 66.3 Å². The van der Waals surface area contributed by atoms with E-state index in [4.69, 9.17) is 4.74 Å². The summed E-state index contributed by atoms with van der Waals surface area (Å²) in [5.41, 5.74) is 1.92. The van der Waals surface area contributed by atoms with Crippen LogP contribution in [0.3, 0.4) is 0 Å². The van der Waals surface area contributed by atoms with Gasteiger partial charge in [-0.3, -0.25) is 14.6 Å². The first kappa shape index (κ1) is 19.3. The summed E-state index contributed by atoms with van der Waals surface area (Å²) in [4.78, 5) is 33.5. The number of carbonyl (C=O) groups is 2. The molecule has 0 unspecified atom stereocenters. The number of benzene rings is 1. The molecule has 2 aromatic heterocycles. The van der Waals surface area contributed by atoms with Gasteiger partial charge in [0.05, 0.1) is 30.5 Å². The van der Waals surface area contributed by atoms with E-state index in [1.165, 1.54) is 0 Å². The minimum Gasteiger partial charge on any atom is -0.383 e. The number of ether oxygens (including phenoxy) is 1. The number of amides is 2. The molecule has 1 aliphatic rings. The van der Waals surface area contributed by atoms with Gasteiger partial charge in [-0.25, -0.2) is 0 Å². The topological polar surface area (TPSA) is 71.5 Å². The summed E-state index contributed by atoms with van der Waals surface area (Å²) in [5, 5.41) is 4.93. The highest BCUT2D eigenvalue weighted by molar-refractivity contribution is 7.10. The molecule has 3 heterocycles. The third-order valence-corrected chi connectivity index (χ3v) is 5.96. The Kier molecular flexibility index (Phi) is 5.69. The number of fused-ring (bicyclic) bond motifs is 1. The van der Waals surface area contributed by atoms with E-state index >= 15 is 0 Å². The second-order valence-corrected chi connectivity index (χ2v) is 7.73. The van der Waals surface area contributed by atoms with Crippen molar-refractivity contribution < 1.29 is 14.3 Å². The van der Waals surface area contributed by atoms with E-state index in [0.29, 0.717) is 24.4 Å². The molecular weight excluding hydrogens is 386 g/mol. The third kappa shape index (κ3) is 3.79. The number of hydrogen-bond acceptors (Lipinski definition) is 5. The Bertz CT molecular complexity index is 992. The van der Waals surface area contributed by atoms with E-state index in [0.717, 1.165) is 10.4 Å². The van der Waals surface area contributed by atoms with Gasteiger partial charge in [-0.05, 0) is 35.2 Å². The van der Waals surface area contributed by atoms with Gasteiger partial charge in [-0.1, -0.05) is 24.3 Å². The lowest BCUT2D eigenvalue weighted by atomic mass is 9.81. The minimum atomic E-state index is -0.542. The predicted octanol–water partition coefficient (Wildman–Crippen LogP) is 3.71. The standard InChI is InChI=1S/C22H21N3O3S/c1-28-12-11-25-20(18-9-5-13-29-18)19(16-7-2-3-8-17(16)22(25)27)21(26)24-15-6-4-10-23-14-15/h2-10,13-14,19-20H,11-12H2,1H3,(H,24,26)/t19-,20-/m0/s1. The lowest BCUT2D eigenvalue weighted by Gasteiger charge is -2.41. The molecule has 7 heteroatoms. The van der Waals surface area contributed by atoms with Crippen LogP contribution in [0, 0.1) is 0 Å². The van der Waals surface area contributed by atoms with E-state index in [9.17, 15) is 9.59 Å². The number of hydrogen-bond donors (Lipinski definition) is 1. The number of rotatable bonds is 6. The van der Waals surface area contributed by atoms with Crippen LogP contribution in [0.2, 0.25) is 0 Å². The summed E-state index contributed by atoms with van der Waals surface area (Å²) in [5.74, 6) is -0.792. The van der Waals surface area contributed by atoms with E-state index < -0.39 is 12.0 Å². The van der Waals surface area contributed by atoms with E-state index in [-0.39, 0.29) is 11.8 Å². The van der Waals surface area contributed by atoms with Crippen molar-refractivity contribution in [3.05, 3.63) is 82.3 Å². The SMILES string of the molecule is COCCN1C(=O)c2ccccc2[C@H](C(=O)Nc2cccnc2)[C@@H]1c1cccs1. The molecule has 4 rings (SSSR count). The number of nitrogens with one attached hydrogen (secondary N) is 1. The van der Waals surface area contributed by atoms with Crippen LogP contribution in [-0.4, -0.2) is 42.0 Å². The zero-order valence-corrected chi connectivity index (χ0v) is 16.8. The average Bonchev–Trinajstić information content (AvgIpc) is 3.28. The molecule has 0 radical (unpaired) electrons. The first-order chi connectivity index (χ1) is 14.2. The summed E-state index contributed by atoms with van der Waals surface area (Å²) in [6.07, 6.45) is 3.27. The zero-order valence-electron chi connectivity index (χ0n) is 15.9. The fraction of sp³-hybridized carbons (Fsp3) is 0.227. The number of aromatic nitrogens is 1. The number of nitrogens with zero attached hydrogens (tertiary/aromatic N) is 2. The van der Waals surface area contributed by atoms with Crippen molar-refractivity contribution in [1.29, 1.82) is 0 Å². The number of carbonyl (C=O) groups excluding carboxylic acids is 2. The van der Waals surface area contributed by atoms with Crippen molar-refractivity contribution in [2.45, 2.75) is 12.0 Å². The van der Waals surface area contributed by atoms with Crippen molar-refractivity contribution in [2.75, 3.05) is 25.6 Å². The highest BCUT2D eigenvalue weighted by atomic mass is 32.1. The van der Waals surface area contributed by atoms with Gasteiger partial charge in [0.1, 0.15) is 0 Å². The van der Waals surface area contributed by atoms with Gasteiger partial charge in [0.15, 0.2) is 0 Å². The van der Waals surface area contributed by atoms with Crippen molar-refractivity contribution in [2.24, 2.45) is 0 Å². The Morgan fingerprint density at radius 3 is 2.79 bits per heavy atom. The molecule has 0 saturated carbocycles. The molecule has 148 valence electrons.